The van der Waals surface area contributed by atoms with Gasteiger partial charge in [0.25, 0.3) is 5.56 Å². The molecule has 4 nitrogen and oxygen atoms in total. The lowest BCUT2D eigenvalue weighted by atomic mass is 10.2. The Kier molecular flexibility index (Phi) is 1.96. The quantitative estimate of drug-likeness (QED) is 0.733. The molecule has 0 radical (unpaired) electrons. The fourth-order valence-corrected chi connectivity index (χ4v) is 1.43. The summed E-state index contributed by atoms with van der Waals surface area (Å²) >= 11 is 0. The van der Waals surface area contributed by atoms with Crippen LogP contribution in [0.2, 0.25) is 0 Å². The van der Waals surface area contributed by atoms with Gasteiger partial charge in [-0.2, -0.15) is 0 Å². The van der Waals surface area contributed by atoms with Crippen LogP contribution < -0.4 is 5.56 Å². The molecule has 0 spiro atoms. The maximum atomic E-state index is 11.7. The predicted molar refractivity (Wildman–Crippen MR) is 53.3 cm³/mol. The highest BCUT2D eigenvalue weighted by Gasteiger charge is 2.06. The SMILES string of the molecule is CCn1nc(O)c2ccccc2c1=O. The molecule has 1 N–H and O–H groups in total. The van der Waals surface area contributed by atoms with Crippen molar-refractivity contribution in [3.8, 4) is 5.88 Å². The molecule has 72 valence electrons. The van der Waals surface area contributed by atoms with Gasteiger partial charge in [0.05, 0.1) is 10.8 Å². The number of hydrogen-bond acceptors (Lipinski definition) is 3. The van der Waals surface area contributed by atoms with E-state index in [9.17, 15) is 9.90 Å². The topological polar surface area (TPSA) is 55.1 Å². The summed E-state index contributed by atoms with van der Waals surface area (Å²) in [5, 5.41) is 14.3. The van der Waals surface area contributed by atoms with E-state index in [1.54, 1.807) is 24.3 Å². The lowest BCUT2D eigenvalue weighted by molar-refractivity contribution is 0.430. The van der Waals surface area contributed by atoms with Crippen molar-refractivity contribution in [3.05, 3.63) is 34.6 Å². The van der Waals surface area contributed by atoms with Crippen LogP contribution in [0.5, 0.6) is 5.88 Å². The first-order chi connectivity index (χ1) is 6.74. The van der Waals surface area contributed by atoms with Crippen molar-refractivity contribution in [2.45, 2.75) is 13.5 Å². The van der Waals surface area contributed by atoms with Crippen molar-refractivity contribution < 1.29 is 5.11 Å². The smallest absolute Gasteiger partial charge is 0.274 e. The van der Waals surface area contributed by atoms with E-state index in [2.05, 4.69) is 5.10 Å². The average Bonchev–Trinajstić information content (AvgIpc) is 2.23. The fourth-order valence-electron chi connectivity index (χ4n) is 1.43. The summed E-state index contributed by atoms with van der Waals surface area (Å²) in [6, 6.07) is 6.90. The number of nitrogens with zero attached hydrogens (tertiary/aromatic N) is 2. The van der Waals surface area contributed by atoms with Crippen molar-refractivity contribution in [2.24, 2.45) is 0 Å². The van der Waals surface area contributed by atoms with Crippen LogP contribution in [0.3, 0.4) is 0 Å². The maximum Gasteiger partial charge on any atom is 0.274 e. The predicted octanol–water partition coefficient (Wildman–Crippen LogP) is 1.12. The molecular weight excluding hydrogens is 180 g/mol. The van der Waals surface area contributed by atoms with Gasteiger partial charge in [0.2, 0.25) is 5.88 Å². The van der Waals surface area contributed by atoms with Crippen molar-refractivity contribution in [1.82, 2.24) is 9.78 Å². The normalized spacial score (nSPS) is 10.6. The van der Waals surface area contributed by atoms with E-state index in [0.29, 0.717) is 17.3 Å². The second kappa shape index (κ2) is 3.14. The molecule has 0 unspecified atom stereocenters. The van der Waals surface area contributed by atoms with Crippen LogP contribution in [0.25, 0.3) is 10.8 Å². The van der Waals surface area contributed by atoms with Gasteiger partial charge in [0.1, 0.15) is 0 Å². The fraction of sp³-hybridized carbons (Fsp3) is 0.200. The molecule has 0 fully saturated rings. The van der Waals surface area contributed by atoms with Gasteiger partial charge in [-0.15, -0.1) is 5.10 Å². The number of aromatic nitrogens is 2. The highest BCUT2D eigenvalue weighted by Crippen LogP contribution is 2.17. The summed E-state index contributed by atoms with van der Waals surface area (Å²) in [7, 11) is 0. The number of aryl methyl sites for hydroxylation is 1. The Labute approximate surface area is 80.4 Å². The van der Waals surface area contributed by atoms with Crippen LogP contribution in [-0.4, -0.2) is 14.9 Å². The summed E-state index contributed by atoms with van der Waals surface area (Å²) in [5.74, 6) is -0.0953. The van der Waals surface area contributed by atoms with E-state index in [0.717, 1.165) is 0 Å². The molecule has 0 amide bonds. The van der Waals surface area contributed by atoms with Crippen LogP contribution in [0.1, 0.15) is 6.92 Å². The Hall–Kier alpha value is -1.84. The van der Waals surface area contributed by atoms with Crippen LogP contribution in [-0.2, 0) is 6.54 Å². The van der Waals surface area contributed by atoms with Crippen molar-refractivity contribution in [3.63, 3.8) is 0 Å². The van der Waals surface area contributed by atoms with E-state index < -0.39 is 0 Å². The standard InChI is InChI=1S/C10H10N2O2/c1-2-12-10(14)8-6-4-3-5-7(8)9(13)11-12/h3-6H,2H2,1H3,(H,11,13). The molecule has 0 bridgehead atoms. The Morgan fingerprint density at radius 2 is 2.00 bits per heavy atom. The van der Waals surface area contributed by atoms with Crippen LogP contribution in [0.4, 0.5) is 0 Å². The lowest BCUT2D eigenvalue weighted by Crippen LogP contribution is -2.21. The molecule has 0 aliphatic carbocycles. The number of hydrogen-bond donors (Lipinski definition) is 1. The third-order valence-corrected chi connectivity index (χ3v) is 2.15. The van der Waals surface area contributed by atoms with Crippen molar-refractivity contribution in [2.75, 3.05) is 0 Å². The zero-order valence-electron chi connectivity index (χ0n) is 7.77. The van der Waals surface area contributed by atoms with E-state index in [1.807, 2.05) is 6.92 Å². The van der Waals surface area contributed by atoms with Gasteiger partial charge in [0.15, 0.2) is 0 Å². The molecule has 2 rings (SSSR count). The van der Waals surface area contributed by atoms with Crippen LogP contribution >= 0.6 is 0 Å². The summed E-state index contributed by atoms with van der Waals surface area (Å²) in [6.07, 6.45) is 0. The monoisotopic (exact) mass is 190 g/mol. The van der Waals surface area contributed by atoms with E-state index in [4.69, 9.17) is 0 Å². The molecule has 2 aromatic rings. The number of benzene rings is 1. The minimum Gasteiger partial charge on any atom is -0.492 e. The summed E-state index contributed by atoms with van der Waals surface area (Å²) in [4.78, 5) is 11.7. The third-order valence-electron chi connectivity index (χ3n) is 2.15. The zero-order valence-corrected chi connectivity index (χ0v) is 7.77. The van der Waals surface area contributed by atoms with Crippen LogP contribution in [0.15, 0.2) is 29.1 Å². The highest BCUT2D eigenvalue weighted by molar-refractivity contribution is 5.85. The Morgan fingerprint density at radius 1 is 1.36 bits per heavy atom. The molecule has 0 saturated carbocycles. The molecule has 14 heavy (non-hydrogen) atoms. The molecule has 0 aliphatic rings. The number of fused-ring (bicyclic) bond motifs is 1. The minimum atomic E-state index is -0.166. The number of aromatic hydroxyl groups is 1. The highest BCUT2D eigenvalue weighted by atomic mass is 16.3. The molecule has 0 aliphatic heterocycles. The molecule has 1 aromatic heterocycles. The molecule has 0 saturated heterocycles. The zero-order chi connectivity index (χ0) is 10.1. The van der Waals surface area contributed by atoms with Gasteiger partial charge in [-0.05, 0) is 19.1 Å². The lowest BCUT2D eigenvalue weighted by Gasteiger charge is -2.04. The van der Waals surface area contributed by atoms with Crippen molar-refractivity contribution in [1.29, 1.82) is 0 Å². The number of rotatable bonds is 1. The first-order valence-electron chi connectivity index (χ1n) is 4.43. The average molecular weight is 190 g/mol. The second-order valence-corrected chi connectivity index (χ2v) is 2.99. The summed E-state index contributed by atoms with van der Waals surface area (Å²) in [5.41, 5.74) is -0.166. The molecule has 0 atom stereocenters. The molecule has 1 aromatic carbocycles. The Morgan fingerprint density at radius 3 is 2.64 bits per heavy atom. The van der Waals surface area contributed by atoms with E-state index in [1.165, 1.54) is 4.68 Å². The Balaban J connectivity index is 2.95. The van der Waals surface area contributed by atoms with Gasteiger partial charge in [0, 0.05) is 6.54 Å². The van der Waals surface area contributed by atoms with Crippen molar-refractivity contribution >= 4 is 10.8 Å². The first-order valence-corrected chi connectivity index (χ1v) is 4.43. The Bertz CT molecular complexity index is 531. The van der Waals surface area contributed by atoms with Crippen LogP contribution in [0, 0.1) is 0 Å². The largest absolute Gasteiger partial charge is 0.492 e. The van der Waals surface area contributed by atoms with Gasteiger partial charge < -0.3 is 5.11 Å². The van der Waals surface area contributed by atoms with E-state index in [-0.39, 0.29) is 11.4 Å². The maximum absolute atomic E-state index is 11.7. The van der Waals surface area contributed by atoms with Gasteiger partial charge >= 0.3 is 0 Å². The molecule has 4 heteroatoms. The first kappa shape index (κ1) is 8.74. The summed E-state index contributed by atoms with van der Waals surface area (Å²) in [6.45, 7) is 2.26. The van der Waals surface area contributed by atoms with Gasteiger partial charge in [-0.1, -0.05) is 12.1 Å². The summed E-state index contributed by atoms with van der Waals surface area (Å²) < 4.78 is 1.25. The minimum absolute atomic E-state index is 0.0953. The molecule has 1 heterocycles. The van der Waals surface area contributed by atoms with Gasteiger partial charge in [-0.25, -0.2) is 4.68 Å². The van der Waals surface area contributed by atoms with E-state index >= 15 is 0 Å². The van der Waals surface area contributed by atoms with Gasteiger partial charge in [-0.3, -0.25) is 4.79 Å². The second-order valence-electron chi connectivity index (χ2n) is 2.99. The third kappa shape index (κ3) is 1.16. The molecular formula is C10H10N2O2.